The molecule has 0 aromatic heterocycles. The number of benzene rings is 2. The highest BCUT2D eigenvalue weighted by atomic mass is 19.1. The summed E-state index contributed by atoms with van der Waals surface area (Å²) < 4.78 is 23.5. The lowest BCUT2D eigenvalue weighted by Gasteiger charge is -2.39. The van der Waals surface area contributed by atoms with Gasteiger partial charge in [-0.05, 0) is 42.7 Å². The number of nitro benzene ring substituents is 1. The number of halogens is 1. The molecule has 0 N–H and O–H groups in total. The lowest BCUT2D eigenvalue weighted by Crippen LogP contribution is -2.45. The predicted molar refractivity (Wildman–Crippen MR) is 87.2 cm³/mol. The van der Waals surface area contributed by atoms with Crippen molar-refractivity contribution in [3.63, 3.8) is 0 Å². The van der Waals surface area contributed by atoms with E-state index in [-0.39, 0.29) is 11.4 Å². The van der Waals surface area contributed by atoms with Crippen molar-refractivity contribution in [2.75, 3.05) is 7.11 Å². The van der Waals surface area contributed by atoms with Gasteiger partial charge in [0.15, 0.2) is 0 Å². The predicted octanol–water partition coefficient (Wildman–Crippen LogP) is 3.77. The fraction of sp³-hybridized carbons (Fsp3) is 0.278. The van der Waals surface area contributed by atoms with Gasteiger partial charge in [0.05, 0.1) is 23.5 Å². The number of nitro groups is 1. The molecule has 0 radical (unpaired) electrons. The Hall–Kier alpha value is -2.96. The van der Waals surface area contributed by atoms with Crippen LogP contribution in [-0.4, -0.2) is 18.0 Å². The standard InChI is InChI=1S/C18H16FNO5/c1-24-14-7-8-16(15(11-14)20(22)23)25-17(21)18(9-2-10-18)12-3-5-13(19)6-4-12/h3-8,11H,2,9-10H2,1H3. The molecule has 0 atom stereocenters. The van der Waals surface area contributed by atoms with Gasteiger partial charge in [-0.1, -0.05) is 18.6 Å². The number of hydrogen-bond donors (Lipinski definition) is 0. The van der Waals surface area contributed by atoms with Crippen molar-refractivity contribution < 1.29 is 23.6 Å². The summed E-state index contributed by atoms with van der Waals surface area (Å²) in [4.78, 5) is 23.4. The van der Waals surface area contributed by atoms with Crippen LogP contribution in [-0.2, 0) is 10.2 Å². The Kier molecular flexibility index (Phi) is 4.39. The van der Waals surface area contributed by atoms with E-state index < -0.39 is 22.1 Å². The molecule has 3 rings (SSSR count). The van der Waals surface area contributed by atoms with Crippen LogP contribution >= 0.6 is 0 Å². The van der Waals surface area contributed by atoms with Crippen molar-refractivity contribution in [2.45, 2.75) is 24.7 Å². The van der Waals surface area contributed by atoms with Crippen LogP contribution in [0, 0.1) is 15.9 Å². The van der Waals surface area contributed by atoms with Crippen molar-refractivity contribution in [1.82, 2.24) is 0 Å². The van der Waals surface area contributed by atoms with Gasteiger partial charge in [0.1, 0.15) is 11.6 Å². The number of carbonyl (C=O) groups is 1. The Labute approximate surface area is 143 Å². The van der Waals surface area contributed by atoms with Crippen molar-refractivity contribution >= 4 is 11.7 Å². The van der Waals surface area contributed by atoms with Gasteiger partial charge in [0.25, 0.3) is 0 Å². The van der Waals surface area contributed by atoms with Gasteiger partial charge in [0.2, 0.25) is 5.75 Å². The van der Waals surface area contributed by atoms with Crippen molar-refractivity contribution in [1.29, 1.82) is 0 Å². The average molecular weight is 345 g/mol. The second-order valence-corrected chi connectivity index (χ2v) is 5.92. The molecule has 1 aliphatic rings. The van der Waals surface area contributed by atoms with Crippen LogP contribution in [0.2, 0.25) is 0 Å². The molecule has 2 aromatic carbocycles. The number of rotatable bonds is 5. The van der Waals surface area contributed by atoms with Crippen LogP contribution in [0.4, 0.5) is 10.1 Å². The Morgan fingerprint density at radius 1 is 1.20 bits per heavy atom. The lowest BCUT2D eigenvalue weighted by molar-refractivity contribution is -0.385. The maximum Gasteiger partial charge on any atom is 0.322 e. The van der Waals surface area contributed by atoms with E-state index in [4.69, 9.17) is 9.47 Å². The number of methoxy groups -OCH3 is 1. The molecule has 0 spiro atoms. The van der Waals surface area contributed by atoms with E-state index in [0.29, 0.717) is 24.2 Å². The summed E-state index contributed by atoms with van der Waals surface area (Å²) in [6.45, 7) is 0. The minimum absolute atomic E-state index is 0.135. The first-order valence-corrected chi connectivity index (χ1v) is 7.77. The van der Waals surface area contributed by atoms with E-state index in [1.165, 1.54) is 37.4 Å². The zero-order valence-corrected chi connectivity index (χ0v) is 13.5. The average Bonchev–Trinajstić information content (AvgIpc) is 2.55. The fourth-order valence-electron chi connectivity index (χ4n) is 2.96. The SMILES string of the molecule is COc1ccc(OC(=O)C2(c3ccc(F)cc3)CCC2)c([N+](=O)[O-])c1. The zero-order chi connectivity index (χ0) is 18.0. The highest BCUT2D eigenvalue weighted by molar-refractivity contribution is 5.87. The van der Waals surface area contributed by atoms with E-state index in [2.05, 4.69) is 0 Å². The maximum absolute atomic E-state index is 13.2. The molecule has 25 heavy (non-hydrogen) atoms. The molecule has 0 heterocycles. The molecule has 0 bridgehead atoms. The Morgan fingerprint density at radius 2 is 1.88 bits per heavy atom. The largest absolute Gasteiger partial charge is 0.496 e. The highest BCUT2D eigenvalue weighted by Crippen LogP contribution is 2.45. The van der Waals surface area contributed by atoms with E-state index in [0.717, 1.165) is 6.42 Å². The number of carbonyl (C=O) groups excluding carboxylic acids is 1. The van der Waals surface area contributed by atoms with Crippen LogP contribution in [0.25, 0.3) is 0 Å². The smallest absolute Gasteiger partial charge is 0.322 e. The molecule has 1 aliphatic carbocycles. The Morgan fingerprint density at radius 3 is 2.40 bits per heavy atom. The lowest BCUT2D eigenvalue weighted by atomic mass is 9.64. The molecule has 1 saturated carbocycles. The topological polar surface area (TPSA) is 78.7 Å². The molecular formula is C18H16FNO5. The van der Waals surface area contributed by atoms with Gasteiger partial charge in [-0.25, -0.2) is 4.39 Å². The highest BCUT2D eigenvalue weighted by Gasteiger charge is 2.47. The van der Waals surface area contributed by atoms with Crippen molar-refractivity contribution in [3.05, 3.63) is 64.0 Å². The zero-order valence-electron chi connectivity index (χ0n) is 13.5. The fourth-order valence-corrected chi connectivity index (χ4v) is 2.96. The normalized spacial score (nSPS) is 15.1. The monoisotopic (exact) mass is 345 g/mol. The van der Waals surface area contributed by atoms with Gasteiger partial charge in [0, 0.05) is 0 Å². The van der Waals surface area contributed by atoms with E-state index in [9.17, 15) is 19.3 Å². The molecule has 0 unspecified atom stereocenters. The third-order valence-electron chi connectivity index (χ3n) is 4.56. The quantitative estimate of drug-likeness (QED) is 0.357. The number of nitrogens with zero attached hydrogens (tertiary/aromatic N) is 1. The molecule has 130 valence electrons. The van der Waals surface area contributed by atoms with Gasteiger partial charge >= 0.3 is 11.7 Å². The molecule has 6 nitrogen and oxygen atoms in total. The molecule has 7 heteroatoms. The van der Waals surface area contributed by atoms with Crippen molar-refractivity contribution in [3.8, 4) is 11.5 Å². The second-order valence-electron chi connectivity index (χ2n) is 5.92. The van der Waals surface area contributed by atoms with Crippen LogP contribution in [0.1, 0.15) is 24.8 Å². The molecule has 0 amide bonds. The second kappa shape index (κ2) is 6.51. The van der Waals surface area contributed by atoms with Crippen molar-refractivity contribution in [2.24, 2.45) is 0 Å². The van der Waals surface area contributed by atoms with Gasteiger partial charge in [-0.3, -0.25) is 14.9 Å². The van der Waals surface area contributed by atoms with E-state index >= 15 is 0 Å². The van der Waals surface area contributed by atoms with Crippen LogP contribution in [0.5, 0.6) is 11.5 Å². The number of esters is 1. The minimum atomic E-state index is -0.887. The minimum Gasteiger partial charge on any atom is -0.496 e. The molecule has 0 saturated heterocycles. The first kappa shape index (κ1) is 16.9. The third kappa shape index (κ3) is 3.05. The Balaban J connectivity index is 1.91. The van der Waals surface area contributed by atoms with Gasteiger partial charge < -0.3 is 9.47 Å². The summed E-state index contributed by atoms with van der Waals surface area (Å²) >= 11 is 0. The maximum atomic E-state index is 13.2. The summed E-state index contributed by atoms with van der Waals surface area (Å²) in [7, 11) is 1.39. The first-order chi connectivity index (χ1) is 12.0. The van der Waals surface area contributed by atoms with Crippen LogP contribution in [0.3, 0.4) is 0 Å². The summed E-state index contributed by atoms with van der Waals surface area (Å²) in [6, 6.07) is 9.72. The van der Waals surface area contributed by atoms with Gasteiger partial charge in [-0.15, -0.1) is 0 Å². The van der Waals surface area contributed by atoms with Gasteiger partial charge in [-0.2, -0.15) is 0 Å². The summed E-state index contributed by atoms with van der Waals surface area (Å²) in [6.07, 6.45) is 1.94. The number of hydrogen-bond acceptors (Lipinski definition) is 5. The van der Waals surface area contributed by atoms with E-state index in [1.54, 1.807) is 12.1 Å². The van der Waals surface area contributed by atoms with Crippen LogP contribution in [0.15, 0.2) is 42.5 Å². The molecular weight excluding hydrogens is 329 g/mol. The molecule has 0 aliphatic heterocycles. The summed E-state index contributed by atoms with van der Waals surface area (Å²) in [5, 5.41) is 11.2. The van der Waals surface area contributed by atoms with E-state index in [1.807, 2.05) is 0 Å². The third-order valence-corrected chi connectivity index (χ3v) is 4.56. The number of ether oxygens (including phenoxy) is 2. The summed E-state index contributed by atoms with van der Waals surface area (Å²) in [5.41, 5.74) is -0.579. The molecule has 1 fully saturated rings. The van der Waals surface area contributed by atoms with Crippen LogP contribution < -0.4 is 9.47 Å². The summed E-state index contributed by atoms with van der Waals surface area (Å²) in [5.74, 6) is -0.802. The first-order valence-electron chi connectivity index (χ1n) is 7.77. The Bertz CT molecular complexity index is 815. The molecule has 2 aromatic rings.